The lowest BCUT2D eigenvalue weighted by Gasteiger charge is -2.00. The number of imidazole rings is 1. The van der Waals surface area contributed by atoms with E-state index in [1.807, 2.05) is 29.8 Å². The number of fused-ring (bicyclic) bond motifs is 1. The molecule has 2 heterocycles. The first kappa shape index (κ1) is 7.50. The number of nitrogens with zero attached hydrogens (tertiary/aromatic N) is 3. The zero-order valence-corrected chi connectivity index (χ0v) is 7.81. The summed E-state index contributed by atoms with van der Waals surface area (Å²) >= 11 is 0. The molecule has 0 amide bonds. The predicted octanol–water partition coefficient (Wildman–Crippen LogP) is 1.99. The maximum absolute atomic E-state index is 4.52. The molecule has 14 heavy (non-hydrogen) atoms. The molecule has 0 N–H and O–H groups in total. The zero-order valence-electron chi connectivity index (χ0n) is 7.81. The summed E-state index contributed by atoms with van der Waals surface area (Å²) < 4.78 is 1.82. The molecule has 0 aromatic carbocycles. The SMILES string of the molecule is Cc1ccnn2cc(C3=CC=C3)nc12. The van der Waals surface area contributed by atoms with Crippen molar-refractivity contribution in [2.45, 2.75) is 6.92 Å². The fourth-order valence-electron chi connectivity index (χ4n) is 1.52. The minimum absolute atomic E-state index is 0.934. The average molecular weight is 183 g/mol. The van der Waals surface area contributed by atoms with Crippen LogP contribution >= 0.6 is 0 Å². The number of rotatable bonds is 1. The van der Waals surface area contributed by atoms with Gasteiger partial charge in [0.25, 0.3) is 0 Å². The van der Waals surface area contributed by atoms with Crippen LogP contribution in [0.3, 0.4) is 0 Å². The first-order valence-electron chi connectivity index (χ1n) is 4.54. The molecule has 2 aromatic heterocycles. The number of aromatic nitrogens is 3. The molecule has 0 aliphatic heterocycles. The van der Waals surface area contributed by atoms with Crippen molar-refractivity contribution in [3.63, 3.8) is 0 Å². The van der Waals surface area contributed by atoms with Gasteiger partial charge in [0.05, 0.1) is 11.9 Å². The molecule has 0 radical (unpaired) electrons. The molecular weight excluding hydrogens is 174 g/mol. The minimum atomic E-state index is 0.934. The second kappa shape index (κ2) is 2.54. The summed E-state index contributed by atoms with van der Waals surface area (Å²) in [5.41, 5.74) is 4.25. The average Bonchev–Trinajstić information content (AvgIpc) is 2.46. The Hall–Kier alpha value is -1.90. The molecule has 0 saturated carbocycles. The van der Waals surface area contributed by atoms with Crippen LogP contribution in [0.4, 0.5) is 0 Å². The summed E-state index contributed by atoms with van der Waals surface area (Å²) in [5.74, 6) is 0. The summed E-state index contributed by atoms with van der Waals surface area (Å²) in [6, 6.07) is 1.97. The lowest BCUT2D eigenvalue weighted by molar-refractivity contribution is 0.927. The van der Waals surface area contributed by atoms with Crippen molar-refractivity contribution < 1.29 is 0 Å². The first-order chi connectivity index (χ1) is 6.84. The van der Waals surface area contributed by atoms with E-state index in [0.717, 1.165) is 16.9 Å². The Morgan fingerprint density at radius 3 is 2.86 bits per heavy atom. The van der Waals surface area contributed by atoms with Gasteiger partial charge < -0.3 is 0 Å². The van der Waals surface area contributed by atoms with Crippen LogP contribution in [-0.2, 0) is 0 Å². The third kappa shape index (κ3) is 0.923. The van der Waals surface area contributed by atoms with E-state index in [9.17, 15) is 0 Å². The van der Waals surface area contributed by atoms with E-state index in [1.54, 1.807) is 6.20 Å². The van der Waals surface area contributed by atoms with Gasteiger partial charge in [-0.1, -0.05) is 18.2 Å². The molecule has 0 fully saturated rings. The Bertz CT molecular complexity index is 561. The number of hydrogen-bond acceptors (Lipinski definition) is 2. The van der Waals surface area contributed by atoms with E-state index in [4.69, 9.17) is 0 Å². The lowest BCUT2D eigenvalue weighted by Crippen LogP contribution is -1.90. The third-order valence-corrected chi connectivity index (χ3v) is 2.40. The van der Waals surface area contributed by atoms with Gasteiger partial charge in [-0.05, 0) is 18.6 Å². The molecule has 0 spiro atoms. The summed E-state index contributed by atoms with van der Waals surface area (Å²) in [6.45, 7) is 2.04. The summed E-state index contributed by atoms with van der Waals surface area (Å²) in [5, 5.41) is 4.21. The fourth-order valence-corrected chi connectivity index (χ4v) is 1.52. The molecule has 0 atom stereocenters. The van der Waals surface area contributed by atoms with Gasteiger partial charge in [0, 0.05) is 11.8 Å². The van der Waals surface area contributed by atoms with Gasteiger partial charge in [-0.25, -0.2) is 9.50 Å². The zero-order chi connectivity index (χ0) is 9.54. The third-order valence-electron chi connectivity index (χ3n) is 2.40. The van der Waals surface area contributed by atoms with Crippen LogP contribution in [0.25, 0.3) is 11.2 Å². The van der Waals surface area contributed by atoms with Crippen LogP contribution < -0.4 is 0 Å². The quantitative estimate of drug-likeness (QED) is 0.676. The molecule has 0 saturated heterocycles. The van der Waals surface area contributed by atoms with E-state index >= 15 is 0 Å². The number of hydrogen-bond donors (Lipinski definition) is 0. The molecule has 1 aliphatic carbocycles. The minimum Gasteiger partial charge on any atom is -0.227 e. The maximum atomic E-state index is 4.52. The van der Waals surface area contributed by atoms with Crippen molar-refractivity contribution in [2.24, 2.45) is 0 Å². The van der Waals surface area contributed by atoms with Gasteiger partial charge in [0.2, 0.25) is 0 Å². The monoisotopic (exact) mass is 183 g/mol. The highest BCUT2D eigenvalue weighted by atomic mass is 15.2. The van der Waals surface area contributed by atoms with Crippen LogP contribution in [-0.4, -0.2) is 14.6 Å². The smallest absolute Gasteiger partial charge is 0.157 e. The standard InChI is InChI=1S/C11H9N3/c1-8-5-6-12-14-7-10(13-11(8)14)9-3-2-4-9/h2-7H,1H3. The second-order valence-electron chi connectivity index (χ2n) is 3.39. The van der Waals surface area contributed by atoms with Crippen LogP contribution in [0.2, 0.25) is 0 Å². The predicted molar refractivity (Wildman–Crippen MR) is 54.8 cm³/mol. The largest absolute Gasteiger partial charge is 0.227 e. The fraction of sp³-hybridized carbons (Fsp3) is 0.0909. The molecule has 0 bridgehead atoms. The van der Waals surface area contributed by atoms with Gasteiger partial charge in [-0.3, -0.25) is 0 Å². The van der Waals surface area contributed by atoms with Crippen molar-refractivity contribution in [3.8, 4) is 0 Å². The molecule has 3 rings (SSSR count). The van der Waals surface area contributed by atoms with E-state index in [-0.39, 0.29) is 0 Å². The van der Waals surface area contributed by atoms with Crippen molar-refractivity contribution in [1.29, 1.82) is 0 Å². The lowest BCUT2D eigenvalue weighted by atomic mass is 10.1. The number of aryl methyl sites for hydroxylation is 1. The van der Waals surface area contributed by atoms with Crippen LogP contribution in [0.5, 0.6) is 0 Å². The van der Waals surface area contributed by atoms with Gasteiger partial charge in [-0.2, -0.15) is 5.10 Å². The highest BCUT2D eigenvalue weighted by molar-refractivity contribution is 5.80. The molecule has 1 aliphatic rings. The Kier molecular flexibility index (Phi) is 1.36. The van der Waals surface area contributed by atoms with Crippen LogP contribution in [0, 0.1) is 6.92 Å². The maximum Gasteiger partial charge on any atom is 0.157 e. The van der Waals surface area contributed by atoms with Gasteiger partial charge in [0.1, 0.15) is 0 Å². The van der Waals surface area contributed by atoms with E-state index in [0.29, 0.717) is 0 Å². The highest BCUT2D eigenvalue weighted by Gasteiger charge is 2.08. The Morgan fingerprint density at radius 1 is 1.36 bits per heavy atom. The highest BCUT2D eigenvalue weighted by Crippen LogP contribution is 2.21. The Morgan fingerprint density at radius 2 is 2.21 bits per heavy atom. The molecule has 2 aromatic rings. The summed E-state index contributed by atoms with van der Waals surface area (Å²) in [4.78, 5) is 4.52. The normalized spacial score (nSPS) is 14.2. The topological polar surface area (TPSA) is 30.2 Å². The van der Waals surface area contributed by atoms with Gasteiger partial charge >= 0.3 is 0 Å². The summed E-state index contributed by atoms with van der Waals surface area (Å²) in [7, 11) is 0. The molecule has 3 heteroatoms. The van der Waals surface area contributed by atoms with Crippen molar-refractivity contribution in [1.82, 2.24) is 14.6 Å². The van der Waals surface area contributed by atoms with Gasteiger partial charge in [0.15, 0.2) is 5.65 Å². The van der Waals surface area contributed by atoms with Crippen LogP contribution in [0.15, 0.2) is 36.7 Å². The van der Waals surface area contributed by atoms with E-state index in [2.05, 4.69) is 22.2 Å². The number of allylic oxidation sites excluding steroid dienone is 4. The van der Waals surface area contributed by atoms with Crippen molar-refractivity contribution >= 4 is 11.2 Å². The Labute approximate surface area is 81.4 Å². The molecular formula is C11H9N3. The van der Waals surface area contributed by atoms with Crippen molar-refractivity contribution in [3.05, 3.63) is 47.9 Å². The van der Waals surface area contributed by atoms with E-state index in [1.165, 1.54) is 5.57 Å². The van der Waals surface area contributed by atoms with Gasteiger partial charge in [-0.15, -0.1) is 0 Å². The first-order valence-corrected chi connectivity index (χ1v) is 4.54. The van der Waals surface area contributed by atoms with Crippen molar-refractivity contribution in [2.75, 3.05) is 0 Å². The summed E-state index contributed by atoms with van der Waals surface area (Å²) in [6.07, 6.45) is 9.87. The molecule has 3 nitrogen and oxygen atoms in total. The van der Waals surface area contributed by atoms with E-state index < -0.39 is 0 Å². The Balaban J connectivity index is 2.25. The molecule has 68 valence electrons. The molecule has 0 unspecified atom stereocenters. The van der Waals surface area contributed by atoms with Crippen LogP contribution in [0.1, 0.15) is 11.3 Å². The second-order valence-corrected chi connectivity index (χ2v) is 3.39.